The molecule has 0 aliphatic carbocycles. The Balaban J connectivity index is 1.39. The topological polar surface area (TPSA) is 79.5 Å². The number of aromatic nitrogens is 2. The van der Waals surface area contributed by atoms with Crippen LogP contribution in [0, 0.1) is 0 Å². The molecule has 0 saturated carbocycles. The highest BCUT2D eigenvalue weighted by Gasteiger charge is 2.26. The molecule has 0 radical (unpaired) electrons. The van der Waals surface area contributed by atoms with Crippen molar-refractivity contribution >= 4 is 23.1 Å². The van der Waals surface area contributed by atoms with Crippen LogP contribution in [0.15, 0.2) is 41.8 Å². The highest BCUT2D eigenvalue weighted by Crippen LogP contribution is 2.29. The summed E-state index contributed by atoms with van der Waals surface area (Å²) in [7, 11) is 3.13. The second kappa shape index (κ2) is 7.93. The molecule has 1 aromatic carbocycles. The van der Waals surface area contributed by atoms with Gasteiger partial charge in [-0.2, -0.15) is 5.10 Å². The van der Waals surface area contributed by atoms with Crippen LogP contribution in [-0.4, -0.2) is 49.5 Å². The van der Waals surface area contributed by atoms with Crippen molar-refractivity contribution in [3.63, 3.8) is 0 Å². The van der Waals surface area contributed by atoms with Gasteiger partial charge in [-0.25, -0.2) is 0 Å². The summed E-state index contributed by atoms with van der Waals surface area (Å²) in [5.74, 6) is 1.94. The maximum atomic E-state index is 12.6. The maximum absolute atomic E-state index is 12.6. The Hall–Kier alpha value is -3.00. The van der Waals surface area contributed by atoms with Crippen LogP contribution in [0.1, 0.15) is 16.8 Å². The zero-order valence-corrected chi connectivity index (χ0v) is 16.6. The third-order valence-electron chi connectivity index (χ3n) is 4.84. The number of hydrogen-bond acceptors (Lipinski definition) is 6. The molecule has 1 atom stereocenters. The van der Waals surface area contributed by atoms with Crippen molar-refractivity contribution in [3.05, 3.63) is 47.3 Å². The third-order valence-corrected chi connectivity index (χ3v) is 5.75. The van der Waals surface area contributed by atoms with Crippen LogP contribution in [-0.2, 0) is 0 Å². The van der Waals surface area contributed by atoms with E-state index < -0.39 is 0 Å². The Morgan fingerprint density at radius 3 is 2.86 bits per heavy atom. The van der Waals surface area contributed by atoms with Gasteiger partial charge in [0.05, 0.1) is 24.8 Å². The first-order chi connectivity index (χ1) is 13.7. The molecule has 1 saturated heterocycles. The first-order valence-corrected chi connectivity index (χ1v) is 9.93. The van der Waals surface area contributed by atoms with Crippen LogP contribution in [0.5, 0.6) is 11.5 Å². The highest BCUT2D eigenvalue weighted by atomic mass is 32.1. The molecular weight excluding hydrogens is 376 g/mol. The molecule has 3 heterocycles. The summed E-state index contributed by atoms with van der Waals surface area (Å²) in [6, 6.07) is 11.4. The lowest BCUT2D eigenvalue weighted by molar-refractivity contribution is 0.0940. The lowest BCUT2D eigenvalue weighted by Crippen LogP contribution is -2.37. The average molecular weight is 398 g/mol. The second-order valence-electron chi connectivity index (χ2n) is 6.59. The molecule has 1 amide bonds. The molecule has 146 valence electrons. The largest absolute Gasteiger partial charge is 0.493 e. The van der Waals surface area contributed by atoms with E-state index in [0.717, 1.165) is 35.9 Å². The Kier molecular flexibility index (Phi) is 5.21. The molecule has 3 aromatic rings. The van der Waals surface area contributed by atoms with E-state index in [0.29, 0.717) is 17.1 Å². The van der Waals surface area contributed by atoms with Crippen LogP contribution >= 0.6 is 11.3 Å². The number of anilines is 1. The minimum Gasteiger partial charge on any atom is -0.493 e. The van der Waals surface area contributed by atoms with E-state index in [9.17, 15) is 4.79 Å². The average Bonchev–Trinajstić information content (AvgIpc) is 3.47. The zero-order chi connectivity index (χ0) is 19.5. The van der Waals surface area contributed by atoms with Crippen LogP contribution in [0.3, 0.4) is 0 Å². The summed E-state index contributed by atoms with van der Waals surface area (Å²) in [5, 5.41) is 12.7. The molecular formula is C20H22N4O3S. The fourth-order valence-corrected chi connectivity index (χ4v) is 4.06. The predicted molar refractivity (Wildman–Crippen MR) is 110 cm³/mol. The number of ether oxygens (including phenoxy) is 2. The summed E-state index contributed by atoms with van der Waals surface area (Å²) >= 11 is 1.68. The number of nitrogens with one attached hydrogen (secondary N) is 2. The van der Waals surface area contributed by atoms with E-state index in [1.54, 1.807) is 43.8 Å². The van der Waals surface area contributed by atoms with Gasteiger partial charge >= 0.3 is 0 Å². The normalized spacial score (nSPS) is 16.2. The van der Waals surface area contributed by atoms with E-state index in [-0.39, 0.29) is 11.9 Å². The Labute approximate surface area is 167 Å². The van der Waals surface area contributed by atoms with Gasteiger partial charge in [-0.1, -0.05) is 6.07 Å². The maximum Gasteiger partial charge on any atom is 0.251 e. The summed E-state index contributed by atoms with van der Waals surface area (Å²) in [6.45, 7) is 1.58. The summed E-state index contributed by atoms with van der Waals surface area (Å²) in [5.41, 5.74) is 1.57. The predicted octanol–water partition coefficient (Wildman–Crippen LogP) is 3.16. The number of thiophene rings is 1. The van der Waals surface area contributed by atoms with E-state index in [2.05, 4.69) is 32.5 Å². The lowest BCUT2D eigenvalue weighted by Gasteiger charge is -2.16. The minimum absolute atomic E-state index is 0.0717. The Morgan fingerprint density at radius 1 is 1.25 bits per heavy atom. The van der Waals surface area contributed by atoms with Crippen molar-refractivity contribution in [2.24, 2.45) is 0 Å². The van der Waals surface area contributed by atoms with Crippen molar-refractivity contribution in [2.45, 2.75) is 12.5 Å². The third kappa shape index (κ3) is 3.68. The summed E-state index contributed by atoms with van der Waals surface area (Å²) in [6.07, 6.45) is 0.875. The SMILES string of the molecule is COc1ccc(C(=O)N[C@@H]2CCN(c3cc(-c4cccs4)[nH]n3)C2)cc1OC. The lowest BCUT2D eigenvalue weighted by atomic mass is 10.1. The van der Waals surface area contributed by atoms with E-state index in [1.807, 2.05) is 11.4 Å². The smallest absolute Gasteiger partial charge is 0.251 e. The number of carbonyl (C=O) groups is 1. The molecule has 1 aliphatic rings. The van der Waals surface area contributed by atoms with Crippen molar-refractivity contribution in [2.75, 3.05) is 32.2 Å². The fourth-order valence-electron chi connectivity index (χ4n) is 3.36. The first kappa shape index (κ1) is 18.4. The highest BCUT2D eigenvalue weighted by molar-refractivity contribution is 7.13. The Bertz CT molecular complexity index is 954. The van der Waals surface area contributed by atoms with Gasteiger partial charge in [-0.3, -0.25) is 9.89 Å². The number of H-pyrrole nitrogens is 1. The second-order valence-corrected chi connectivity index (χ2v) is 7.54. The summed E-state index contributed by atoms with van der Waals surface area (Å²) < 4.78 is 10.5. The molecule has 4 rings (SSSR count). The van der Waals surface area contributed by atoms with Crippen molar-refractivity contribution in [1.82, 2.24) is 15.5 Å². The van der Waals surface area contributed by atoms with Crippen molar-refractivity contribution < 1.29 is 14.3 Å². The molecule has 0 bridgehead atoms. The van der Waals surface area contributed by atoms with Gasteiger partial charge in [0.25, 0.3) is 5.91 Å². The molecule has 1 fully saturated rings. The molecule has 0 spiro atoms. The number of hydrogen-bond donors (Lipinski definition) is 2. The van der Waals surface area contributed by atoms with E-state index in [4.69, 9.17) is 9.47 Å². The van der Waals surface area contributed by atoms with Gasteiger partial charge in [-0.15, -0.1) is 11.3 Å². The quantitative estimate of drug-likeness (QED) is 0.667. The molecule has 28 heavy (non-hydrogen) atoms. The number of nitrogens with zero attached hydrogens (tertiary/aromatic N) is 2. The standard InChI is InChI=1S/C20H22N4O3S/c1-26-16-6-5-13(10-17(16)27-2)20(25)21-14-7-8-24(12-14)19-11-15(22-23-19)18-4-3-9-28-18/h3-6,9-11,14H,7-8,12H2,1-2H3,(H,21,25)(H,22,23)/t14-/m1/s1. The fraction of sp³-hybridized carbons (Fsp3) is 0.300. The van der Waals surface area contributed by atoms with Gasteiger partial charge in [-0.05, 0) is 36.1 Å². The molecule has 8 heteroatoms. The van der Waals surface area contributed by atoms with Crippen LogP contribution in [0.4, 0.5) is 5.82 Å². The number of amides is 1. The first-order valence-electron chi connectivity index (χ1n) is 9.05. The van der Waals surface area contributed by atoms with E-state index >= 15 is 0 Å². The number of benzene rings is 1. The minimum atomic E-state index is -0.117. The van der Waals surface area contributed by atoms with Crippen LogP contribution in [0.25, 0.3) is 10.6 Å². The van der Waals surface area contributed by atoms with Gasteiger partial charge in [0.1, 0.15) is 0 Å². The van der Waals surface area contributed by atoms with Gasteiger partial charge in [0.2, 0.25) is 0 Å². The Morgan fingerprint density at radius 2 is 2.11 bits per heavy atom. The zero-order valence-electron chi connectivity index (χ0n) is 15.8. The number of aromatic amines is 1. The van der Waals surface area contributed by atoms with Gasteiger partial charge in [0, 0.05) is 30.8 Å². The molecule has 1 aliphatic heterocycles. The molecule has 0 unspecified atom stereocenters. The molecule has 2 N–H and O–H groups in total. The van der Waals surface area contributed by atoms with E-state index in [1.165, 1.54) is 0 Å². The van der Waals surface area contributed by atoms with Crippen LogP contribution in [0.2, 0.25) is 0 Å². The molecule has 7 nitrogen and oxygen atoms in total. The number of carbonyl (C=O) groups excluding carboxylic acids is 1. The summed E-state index contributed by atoms with van der Waals surface area (Å²) in [4.78, 5) is 16.0. The van der Waals surface area contributed by atoms with Gasteiger partial charge < -0.3 is 19.7 Å². The van der Waals surface area contributed by atoms with Crippen molar-refractivity contribution in [3.8, 4) is 22.1 Å². The molecule has 2 aromatic heterocycles. The van der Waals surface area contributed by atoms with Gasteiger partial charge in [0.15, 0.2) is 17.3 Å². The number of rotatable bonds is 6. The van der Waals surface area contributed by atoms with Crippen LogP contribution < -0.4 is 19.7 Å². The van der Waals surface area contributed by atoms with Crippen molar-refractivity contribution in [1.29, 1.82) is 0 Å². The number of methoxy groups -OCH3 is 2. The monoisotopic (exact) mass is 398 g/mol.